The molecule has 13 heavy (non-hydrogen) atoms. The minimum Gasteiger partial charge on any atom is -0.368 e. The van der Waals surface area contributed by atoms with Gasteiger partial charge >= 0.3 is 0 Å². The van der Waals surface area contributed by atoms with Crippen LogP contribution in [0, 0.1) is 11.3 Å². The van der Waals surface area contributed by atoms with E-state index in [4.69, 9.17) is 11.0 Å². The van der Waals surface area contributed by atoms with Gasteiger partial charge in [-0.3, -0.25) is 0 Å². The van der Waals surface area contributed by atoms with E-state index in [0.29, 0.717) is 5.69 Å². The van der Waals surface area contributed by atoms with Gasteiger partial charge in [0, 0.05) is 11.8 Å². The van der Waals surface area contributed by atoms with Crippen LogP contribution in [0.1, 0.15) is 32.0 Å². The minimum absolute atomic E-state index is 0.126. The van der Waals surface area contributed by atoms with Crippen LogP contribution < -0.4 is 5.73 Å². The van der Waals surface area contributed by atoms with E-state index in [1.807, 2.05) is 26.8 Å². The van der Waals surface area contributed by atoms with Crippen molar-refractivity contribution in [3.8, 4) is 6.07 Å². The molecule has 0 spiro atoms. The average Bonchev–Trinajstić information content (AvgIpc) is 2.01. The number of hydrogen-bond donors (Lipinski definition) is 1. The highest BCUT2D eigenvalue weighted by molar-refractivity contribution is 5.37. The molecule has 4 heteroatoms. The lowest BCUT2D eigenvalue weighted by Crippen LogP contribution is -2.15. The van der Waals surface area contributed by atoms with E-state index >= 15 is 0 Å². The van der Waals surface area contributed by atoms with Gasteiger partial charge in [0.05, 0.1) is 0 Å². The Balaban J connectivity index is 3.32. The van der Waals surface area contributed by atoms with E-state index in [9.17, 15) is 0 Å². The molecule has 0 fully saturated rings. The third-order valence-corrected chi connectivity index (χ3v) is 1.72. The van der Waals surface area contributed by atoms with E-state index in [-0.39, 0.29) is 11.4 Å². The summed E-state index contributed by atoms with van der Waals surface area (Å²) in [6.07, 6.45) is 1.61. The summed E-state index contributed by atoms with van der Waals surface area (Å²) < 4.78 is 0. The number of hydrogen-bond acceptors (Lipinski definition) is 4. The van der Waals surface area contributed by atoms with Crippen LogP contribution in [0.4, 0.5) is 5.95 Å². The highest BCUT2D eigenvalue weighted by Crippen LogP contribution is 2.23. The highest BCUT2D eigenvalue weighted by Gasteiger charge is 2.19. The second-order valence-electron chi connectivity index (χ2n) is 3.85. The first-order chi connectivity index (χ1) is 5.95. The topological polar surface area (TPSA) is 75.6 Å². The van der Waals surface area contributed by atoms with Gasteiger partial charge in [-0.05, 0) is 5.41 Å². The van der Waals surface area contributed by atoms with Gasteiger partial charge in [-0.15, -0.1) is 0 Å². The van der Waals surface area contributed by atoms with Crippen LogP contribution in [0.2, 0.25) is 0 Å². The van der Waals surface area contributed by atoms with Crippen LogP contribution in [0.15, 0.2) is 6.20 Å². The lowest BCUT2D eigenvalue weighted by atomic mass is 9.87. The molecule has 0 saturated carbocycles. The molecule has 2 N–H and O–H groups in total. The molecule has 0 bridgehead atoms. The van der Waals surface area contributed by atoms with Gasteiger partial charge in [-0.2, -0.15) is 5.26 Å². The summed E-state index contributed by atoms with van der Waals surface area (Å²) >= 11 is 0. The maximum absolute atomic E-state index is 8.81. The van der Waals surface area contributed by atoms with Crippen molar-refractivity contribution in [2.45, 2.75) is 26.2 Å². The van der Waals surface area contributed by atoms with Crippen molar-refractivity contribution in [1.29, 1.82) is 5.26 Å². The third-order valence-electron chi connectivity index (χ3n) is 1.72. The molecule has 1 aromatic heterocycles. The zero-order valence-corrected chi connectivity index (χ0v) is 8.00. The van der Waals surface area contributed by atoms with Crippen LogP contribution in [0.25, 0.3) is 0 Å². The fraction of sp³-hybridized carbons (Fsp3) is 0.444. The van der Waals surface area contributed by atoms with Gasteiger partial charge in [-0.1, -0.05) is 20.8 Å². The monoisotopic (exact) mass is 176 g/mol. The van der Waals surface area contributed by atoms with E-state index in [1.165, 1.54) is 0 Å². The molecule has 0 saturated heterocycles. The van der Waals surface area contributed by atoms with Crippen molar-refractivity contribution >= 4 is 5.95 Å². The van der Waals surface area contributed by atoms with Crippen LogP contribution in [0.5, 0.6) is 0 Å². The van der Waals surface area contributed by atoms with Crippen LogP contribution in [-0.2, 0) is 5.41 Å². The highest BCUT2D eigenvalue weighted by atomic mass is 15.0. The second-order valence-corrected chi connectivity index (χ2v) is 3.85. The number of nitrogens with two attached hydrogens (primary N) is 1. The van der Waals surface area contributed by atoms with Gasteiger partial charge in [0.1, 0.15) is 11.8 Å². The Kier molecular flexibility index (Phi) is 2.20. The Morgan fingerprint density at radius 1 is 1.46 bits per heavy atom. The molecule has 0 amide bonds. The van der Waals surface area contributed by atoms with E-state index in [2.05, 4.69) is 9.97 Å². The van der Waals surface area contributed by atoms with Gasteiger partial charge in [-0.25, -0.2) is 9.97 Å². The molecule has 0 aromatic carbocycles. The molecule has 68 valence electrons. The normalized spacial score (nSPS) is 10.9. The zero-order chi connectivity index (χ0) is 10.1. The van der Waals surface area contributed by atoms with Crippen LogP contribution in [-0.4, -0.2) is 9.97 Å². The second kappa shape index (κ2) is 3.02. The van der Waals surface area contributed by atoms with Crippen molar-refractivity contribution in [2.24, 2.45) is 0 Å². The Morgan fingerprint density at radius 2 is 2.08 bits per heavy atom. The summed E-state index contributed by atoms with van der Waals surface area (Å²) in [6, 6.07) is 2.01. The Bertz CT molecular complexity index is 357. The van der Waals surface area contributed by atoms with E-state index in [0.717, 1.165) is 5.56 Å². The summed E-state index contributed by atoms with van der Waals surface area (Å²) in [5.41, 5.74) is 6.43. The minimum atomic E-state index is -0.126. The number of rotatable bonds is 0. The number of nitrogen functional groups attached to an aromatic ring is 1. The first-order valence-electron chi connectivity index (χ1n) is 3.98. The first-order valence-corrected chi connectivity index (χ1v) is 3.98. The standard InChI is InChI=1S/C9H12N4/c1-9(2,3)6-5-12-8(11)13-7(6)4-10/h5H,1-3H3,(H2,11,12,13). The largest absolute Gasteiger partial charge is 0.368 e. The maximum atomic E-state index is 8.81. The third kappa shape index (κ3) is 1.94. The summed E-state index contributed by atoms with van der Waals surface area (Å²) in [5.74, 6) is 0.143. The van der Waals surface area contributed by atoms with E-state index in [1.54, 1.807) is 6.20 Å². The number of nitriles is 1. The van der Waals surface area contributed by atoms with Gasteiger partial charge < -0.3 is 5.73 Å². The van der Waals surface area contributed by atoms with Gasteiger partial charge in [0.2, 0.25) is 5.95 Å². The molecule has 1 heterocycles. The number of nitrogens with zero attached hydrogens (tertiary/aromatic N) is 3. The maximum Gasteiger partial charge on any atom is 0.221 e. The van der Waals surface area contributed by atoms with Gasteiger partial charge in [0.15, 0.2) is 0 Å². The number of anilines is 1. The molecule has 0 unspecified atom stereocenters. The lowest BCUT2D eigenvalue weighted by molar-refractivity contribution is 0.582. The van der Waals surface area contributed by atoms with E-state index < -0.39 is 0 Å². The fourth-order valence-electron chi connectivity index (χ4n) is 1.03. The fourth-order valence-corrected chi connectivity index (χ4v) is 1.03. The van der Waals surface area contributed by atoms with Crippen molar-refractivity contribution in [3.63, 3.8) is 0 Å². The summed E-state index contributed by atoms with van der Waals surface area (Å²) in [6.45, 7) is 6.01. The molecular weight excluding hydrogens is 164 g/mol. The molecule has 1 rings (SSSR count). The smallest absolute Gasteiger partial charge is 0.221 e. The van der Waals surface area contributed by atoms with Crippen molar-refractivity contribution in [1.82, 2.24) is 9.97 Å². The molecule has 4 nitrogen and oxygen atoms in total. The predicted molar refractivity (Wildman–Crippen MR) is 49.9 cm³/mol. The first kappa shape index (κ1) is 9.46. The van der Waals surface area contributed by atoms with Crippen LogP contribution >= 0.6 is 0 Å². The van der Waals surface area contributed by atoms with Gasteiger partial charge in [0.25, 0.3) is 0 Å². The molecule has 0 atom stereocenters. The summed E-state index contributed by atoms with van der Waals surface area (Å²) in [4.78, 5) is 7.73. The Morgan fingerprint density at radius 3 is 2.54 bits per heavy atom. The lowest BCUT2D eigenvalue weighted by Gasteiger charge is -2.18. The molecule has 0 radical (unpaired) electrons. The van der Waals surface area contributed by atoms with Crippen molar-refractivity contribution in [3.05, 3.63) is 17.5 Å². The average molecular weight is 176 g/mol. The summed E-state index contributed by atoms with van der Waals surface area (Å²) in [5, 5.41) is 8.81. The molecular formula is C9H12N4. The molecule has 0 aliphatic rings. The van der Waals surface area contributed by atoms with Crippen molar-refractivity contribution < 1.29 is 0 Å². The number of aromatic nitrogens is 2. The molecule has 0 aliphatic carbocycles. The Hall–Kier alpha value is -1.63. The molecule has 0 aliphatic heterocycles. The van der Waals surface area contributed by atoms with Crippen molar-refractivity contribution in [2.75, 3.05) is 5.73 Å². The SMILES string of the molecule is CC(C)(C)c1cnc(N)nc1C#N. The zero-order valence-electron chi connectivity index (χ0n) is 8.00. The Labute approximate surface area is 77.4 Å². The predicted octanol–water partition coefficient (Wildman–Crippen LogP) is 1.23. The van der Waals surface area contributed by atoms with Crippen LogP contribution in [0.3, 0.4) is 0 Å². The summed E-state index contributed by atoms with van der Waals surface area (Å²) in [7, 11) is 0. The quantitative estimate of drug-likeness (QED) is 0.645. The molecule has 1 aromatic rings.